The van der Waals surface area contributed by atoms with Crippen molar-refractivity contribution in [2.75, 3.05) is 18.5 Å². The summed E-state index contributed by atoms with van der Waals surface area (Å²) < 4.78 is 19.0. The van der Waals surface area contributed by atoms with Crippen molar-refractivity contribution >= 4 is 11.6 Å². The van der Waals surface area contributed by atoms with Crippen LogP contribution in [0.3, 0.4) is 0 Å². The molecule has 0 spiro atoms. The monoisotopic (exact) mass is 286 g/mol. The lowest BCUT2D eigenvalue weighted by Crippen LogP contribution is -2.32. The van der Waals surface area contributed by atoms with Crippen molar-refractivity contribution in [1.82, 2.24) is 5.32 Å². The van der Waals surface area contributed by atoms with Gasteiger partial charge in [-0.05, 0) is 18.2 Å². The highest BCUT2D eigenvalue weighted by atomic mass is 19.1. The van der Waals surface area contributed by atoms with E-state index >= 15 is 0 Å². The van der Waals surface area contributed by atoms with Gasteiger partial charge in [0.1, 0.15) is 18.2 Å². The topological polar surface area (TPSA) is 50.4 Å². The average molecular weight is 286 g/mol. The van der Waals surface area contributed by atoms with Crippen LogP contribution < -0.4 is 15.4 Å². The van der Waals surface area contributed by atoms with Gasteiger partial charge in [-0.1, -0.05) is 30.3 Å². The third-order valence-electron chi connectivity index (χ3n) is 3.36. The number of carbonyl (C=O) groups is 1. The highest BCUT2D eigenvalue weighted by Gasteiger charge is 2.23. The van der Waals surface area contributed by atoms with Gasteiger partial charge in [0, 0.05) is 5.56 Å². The summed E-state index contributed by atoms with van der Waals surface area (Å²) in [6.07, 6.45) is 0. The summed E-state index contributed by atoms with van der Waals surface area (Å²) in [6.45, 7) is 0.586. The van der Waals surface area contributed by atoms with Gasteiger partial charge in [0.05, 0.1) is 18.3 Å². The van der Waals surface area contributed by atoms with Crippen molar-refractivity contribution in [2.24, 2.45) is 0 Å². The van der Waals surface area contributed by atoms with Gasteiger partial charge in [0.25, 0.3) is 0 Å². The van der Waals surface area contributed by atoms with Crippen molar-refractivity contribution in [2.45, 2.75) is 6.04 Å². The van der Waals surface area contributed by atoms with Crippen molar-refractivity contribution in [3.05, 3.63) is 59.9 Å². The normalized spacial score (nSPS) is 16.1. The van der Waals surface area contributed by atoms with Crippen molar-refractivity contribution < 1.29 is 13.9 Å². The second kappa shape index (κ2) is 5.93. The van der Waals surface area contributed by atoms with Crippen LogP contribution in [0.25, 0.3) is 0 Å². The maximum Gasteiger partial charge on any atom is 0.238 e. The predicted molar refractivity (Wildman–Crippen MR) is 77.7 cm³/mol. The van der Waals surface area contributed by atoms with Crippen LogP contribution in [-0.4, -0.2) is 19.1 Å². The van der Waals surface area contributed by atoms with Crippen molar-refractivity contribution in [3.8, 4) is 5.75 Å². The summed E-state index contributed by atoms with van der Waals surface area (Å²) >= 11 is 0. The van der Waals surface area contributed by atoms with Crippen molar-refractivity contribution in [1.29, 1.82) is 0 Å². The maximum atomic E-state index is 13.4. The first kappa shape index (κ1) is 13.6. The van der Waals surface area contributed by atoms with Crippen LogP contribution in [-0.2, 0) is 4.79 Å². The number of amides is 1. The molecule has 0 saturated heterocycles. The van der Waals surface area contributed by atoms with E-state index in [0.29, 0.717) is 6.61 Å². The Morgan fingerprint density at radius 2 is 1.95 bits per heavy atom. The second-order valence-electron chi connectivity index (χ2n) is 4.81. The first-order valence-corrected chi connectivity index (χ1v) is 6.73. The van der Waals surface area contributed by atoms with Crippen LogP contribution in [0.15, 0.2) is 48.5 Å². The summed E-state index contributed by atoms with van der Waals surface area (Å²) in [5.41, 5.74) is 1.23. The number of fused-ring (bicyclic) bond motifs is 1. The Morgan fingerprint density at radius 1 is 1.19 bits per heavy atom. The molecule has 1 heterocycles. The number of benzene rings is 2. The Morgan fingerprint density at radius 3 is 2.81 bits per heavy atom. The summed E-state index contributed by atoms with van der Waals surface area (Å²) in [6, 6.07) is 13.8. The molecule has 108 valence electrons. The Kier molecular flexibility index (Phi) is 3.83. The first-order chi connectivity index (χ1) is 10.2. The van der Waals surface area contributed by atoms with Crippen LogP contribution in [0.4, 0.5) is 10.1 Å². The Hall–Kier alpha value is -2.40. The molecular weight excluding hydrogens is 271 g/mol. The summed E-state index contributed by atoms with van der Waals surface area (Å²) in [5, 5.41) is 5.66. The highest BCUT2D eigenvalue weighted by molar-refractivity contribution is 5.92. The third kappa shape index (κ3) is 3.03. The van der Waals surface area contributed by atoms with Gasteiger partial charge in [-0.2, -0.15) is 0 Å². The first-order valence-electron chi connectivity index (χ1n) is 6.73. The van der Waals surface area contributed by atoms with Crippen LogP contribution >= 0.6 is 0 Å². The molecule has 1 unspecified atom stereocenters. The minimum absolute atomic E-state index is 0.0208. The molecule has 1 aliphatic heterocycles. The minimum Gasteiger partial charge on any atom is -0.491 e. The molecule has 0 fully saturated rings. The minimum atomic E-state index is -0.444. The Bertz CT molecular complexity index is 660. The number of nitrogens with one attached hydrogen (secondary N) is 2. The van der Waals surface area contributed by atoms with E-state index in [-0.39, 0.29) is 24.2 Å². The van der Waals surface area contributed by atoms with E-state index in [4.69, 9.17) is 4.74 Å². The van der Waals surface area contributed by atoms with E-state index in [9.17, 15) is 9.18 Å². The molecule has 3 rings (SSSR count). The number of para-hydroxylation sites is 2. The molecule has 5 heteroatoms. The molecule has 1 atom stereocenters. The van der Waals surface area contributed by atoms with Crippen molar-refractivity contribution in [3.63, 3.8) is 0 Å². The largest absolute Gasteiger partial charge is 0.491 e. The fourth-order valence-electron chi connectivity index (χ4n) is 2.30. The molecule has 2 aromatic carbocycles. The molecule has 0 aliphatic carbocycles. The van der Waals surface area contributed by atoms with E-state index in [1.807, 2.05) is 24.3 Å². The average Bonchev–Trinajstić information content (AvgIpc) is 2.91. The number of hydrogen-bond acceptors (Lipinski definition) is 3. The van der Waals surface area contributed by atoms with Crippen LogP contribution in [0.5, 0.6) is 5.75 Å². The van der Waals surface area contributed by atoms with E-state index in [1.165, 1.54) is 12.1 Å². The van der Waals surface area contributed by atoms with Gasteiger partial charge in [-0.15, -0.1) is 0 Å². The van der Waals surface area contributed by atoms with Crippen LogP contribution in [0.2, 0.25) is 0 Å². The van der Waals surface area contributed by atoms with Crippen LogP contribution in [0, 0.1) is 5.82 Å². The summed E-state index contributed by atoms with van der Waals surface area (Å²) in [5.74, 6) is 0.106. The lowest BCUT2D eigenvalue weighted by molar-refractivity contribution is -0.115. The molecule has 2 N–H and O–H groups in total. The molecule has 1 aliphatic rings. The van der Waals surface area contributed by atoms with E-state index in [2.05, 4.69) is 10.6 Å². The lowest BCUT2D eigenvalue weighted by Gasteiger charge is -2.12. The Balaban J connectivity index is 1.57. The quantitative estimate of drug-likeness (QED) is 0.908. The van der Waals surface area contributed by atoms with E-state index in [1.54, 1.807) is 12.1 Å². The molecule has 0 saturated carbocycles. The second-order valence-corrected chi connectivity index (χ2v) is 4.81. The number of halogens is 1. The third-order valence-corrected chi connectivity index (χ3v) is 3.36. The molecule has 21 heavy (non-hydrogen) atoms. The standard InChI is InChI=1S/C16H15FN2O2/c17-12-6-2-3-7-13(12)19-16(20)9-18-14-10-21-15-8-4-1-5-11(14)15/h1-8,14,18H,9-10H2,(H,19,20). The number of hydrogen-bond donors (Lipinski definition) is 2. The molecule has 4 nitrogen and oxygen atoms in total. The van der Waals surface area contributed by atoms with Gasteiger partial charge in [-0.3, -0.25) is 10.1 Å². The lowest BCUT2D eigenvalue weighted by atomic mass is 10.1. The highest BCUT2D eigenvalue weighted by Crippen LogP contribution is 2.31. The molecule has 0 aromatic heterocycles. The molecule has 0 radical (unpaired) electrons. The van der Waals surface area contributed by atoms with Gasteiger partial charge in [0.2, 0.25) is 5.91 Å². The van der Waals surface area contributed by atoms with E-state index in [0.717, 1.165) is 11.3 Å². The zero-order valence-corrected chi connectivity index (χ0v) is 11.3. The Labute approximate surface area is 121 Å². The van der Waals surface area contributed by atoms with E-state index < -0.39 is 5.82 Å². The van der Waals surface area contributed by atoms with Crippen LogP contribution in [0.1, 0.15) is 11.6 Å². The molecule has 2 aromatic rings. The van der Waals surface area contributed by atoms with Gasteiger partial charge >= 0.3 is 0 Å². The summed E-state index contributed by atoms with van der Waals surface area (Å²) in [4.78, 5) is 11.9. The number of anilines is 1. The maximum absolute atomic E-state index is 13.4. The smallest absolute Gasteiger partial charge is 0.238 e. The van der Waals surface area contributed by atoms with Gasteiger partial charge < -0.3 is 10.1 Å². The number of rotatable bonds is 4. The number of ether oxygens (including phenoxy) is 1. The summed E-state index contributed by atoms with van der Waals surface area (Å²) in [7, 11) is 0. The van der Waals surface area contributed by atoms with Gasteiger partial charge in [-0.25, -0.2) is 4.39 Å². The zero-order valence-electron chi connectivity index (χ0n) is 11.3. The molecule has 0 bridgehead atoms. The van der Waals surface area contributed by atoms with Gasteiger partial charge in [0.15, 0.2) is 0 Å². The fourth-order valence-corrected chi connectivity index (χ4v) is 2.30. The predicted octanol–water partition coefficient (Wildman–Crippen LogP) is 2.49. The zero-order chi connectivity index (χ0) is 14.7. The number of carbonyl (C=O) groups excluding carboxylic acids is 1. The fraction of sp³-hybridized carbons (Fsp3) is 0.188. The molecular formula is C16H15FN2O2. The SMILES string of the molecule is O=C(CNC1COc2ccccc21)Nc1ccccc1F. The molecule has 1 amide bonds.